The van der Waals surface area contributed by atoms with Gasteiger partial charge in [-0.1, -0.05) is 0 Å². The van der Waals surface area contributed by atoms with Crippen LogP contribution < -0.4 is 5.73 Å². The second kappa shape index (κ2) is 5.48. The van der Waals surface area contributed by atoms with E-state index in [1.54, 1.807) is 16.7 Å². The summed E-state index contributed by atoms with van der Waals surface area (Å²) in [6.07, 6.45) is 2.54. The van der Waals surface area contributed by atoms with E-state index < -0.39 is 5.60 Å². The van der Waals surface area contributed by atoms with Gasteiger partial charge in [0, 0.05) is 13.1 Å². The summed E-state index contributed by atoms with van der Waals surface area (Å²) in [4.78, 5) is 25.2. The highest BCUT2D eigenvalue weighted by atomic mass is 32.2. The van der Waals surface area contributed by atoms with E-state index in [4.69, 9.17) is 5.73 Å². The Morgan fingerprint density at radius 3 is 2.61 bits per heavy atom. The molecule has 0 radical (unpaired) electrons. The Morgan fingerprint density at radius 2 is 2.00 bits per heavy atom. The van der Waals surface area contributed by atoms with Gasteiger partial charge in [0.2, 0.25) is 5.91 Å². The molecule has 0 aliphatic carbocycles. The first-order valence-electron chi connectivity index (χ1n) is 6.42. The maximum Gasteiger partial charge on any atom is 0.254 e. The number of primary amides is 1. The van der Waals surface area contributed by atoms with Crippen molar-refractivity contribution in [3.05, 3.63) is 0 Å². The number of nitrogens with zero attached hydrogens (tertiary/aromatic N) is 1. The number of carbonyl (C=O) groups excluding carboxylic acids is 2. The molecule has 18 heavy (non-hydrogen) atoms. The number of nitrogens with two attached hydrogens (primary N) is 1. The average Bonchev–Trinajstić information content (AvgIpc) is 2.39. The highest BCUT2D eigenvalue weighted by molar-refractivity contribution is 7.99. The molecule has 3 N–H and O–H groups in total. The van der Waals surface area contributed by atoms with E-state index >= 15 is 0 Å². The zero-order valence-corrected chi connectivity index (χ0v) is 11.2. The van der Waals surface area contributed by atoms with Gasteiger partial charge in [-0.3, -0.25) is 9.59 Å². The molecule has 2 heterocycles. The van der Waals surface area contributed by atoms with Crippen LogP contribution in [0.2, 0.25) is 0 Å². The first-order valence-corrected chi connectivity index (χ1v) is 7.57. The quantitative estimate of drug-likeness (QED) is 0.739. The van der Waals surface area contributed by atoms with Crippen LogP contribution in [0.15, 0.2) is 0 Å². The van der Waals surface area contributed by atoms with Crippen molar-refractivity contribution in [1.82, 2.24) is 4.90 Å². The van der Waals surface area contributed by atoms with Crippen LogP contribution >= 0.6 is 11.8 Å². The standard InChI is InChI=1S/C12H20N2O3S/c13-10(15)9-2-1-5-14(8-9)11(16)12(17)3-6-18-7-4-12/h9,17H,1-8H2,(H2,13,15)/t9-/m0/s1. The molecular formula is C12H20N2O3S. The molecule has 0 saturated carbocycles. The lowest BCUT2D eigenvalue weighted by Gasteiger charge is -2.38. The molecule has 5 nitrogen and oxygen atoms in total. The number of thioether (sulfide) groups is 1. The van der Waals surface area contributed by atoms with E-state index in [1.807, 2.05) is 0 Å². The Morgan fingerprint density at radius 1 is 1.33 bits per heavy atom. The van der Waals surface area contributed by atoms with Gasteiger partial charge in [0.1, 0.15) is 5.60 Å². The average molecular weight is 272 g/mol. The van der Waals surface area contributed by atoms with Crippen molar-refractivity contribution in [2.75, 3.05) is 24.6 Å². The van der Waals surface area contributed by atoms with Gasteiger partial charge in [-0.25, -0.2) is 0 Å². The van der Waals surface area contributed by atoms with Gasteiger partial charge in [-0.2, -0.15) is 11.8 Å². The molecule has 2 aliphatic heterocycles. The van der Waals surface area contributed by atoms with Gasteiger partial charge >= 0.3 is 0 Å². The molecule has 0 spiro atoms. The summed E-state index contributed by atoms with van der Waals surface area (Å²) in [6, 6.07) is 0. The van der Waals surface area contributed by atoms with Crippen molar-refractivity contribution in [3.63, 3.8) is 0 Å². The molecule has 6 heteroatoms. The van der Waals surface area contributed by atoms with Crippen LogP contribution in [-0.2, 0) is 9.59 Å². The fraction of sp³-hybridized carbons (Fsp3) is 0.833. The van der Waals surface area contributed by atoms with E-state index in [9.17, 15) is 14.7 Å². The minimum absolute atomic E-state index is 0.214. The summed E-state index contributed by atoms with van der Waals surface area (Å²) in [5, 5.41) is 10.4. The van der Waals surface area contributed by atoms with Crippen LogP contribution in [0, 0.1) is 5.92 Å². The topological polar surface area (TPSA) is 83.6 Å². The smallest absolute Gasteiger partial charge is 0.254 e. The number of rotatable bonds is 2. The monoisotopic (exact) mass is 272 g/mol. The molecular weight excluding hydrogens is 252 g/mol. The van der Waals surface area contributed by atoms with Crippen LogP contribution in [-0.4, -0.2) is 52.0 Å². The minimum atomic E-state index is -1.22. The Labute approximate surface area is 111 Å². The summed E-state index contributed by atoms with van der Waals surface area (Å²) < 4.78 is 0. The Hall–Kier alpha value is -0.750. The molecule has 2 fully saturated rings. The fourth-order valence-corrected chi connectivity index (χ4v) is 3.78. The lowest BCUT2D eigenvalue weighted by Crippen LogP contribution is -2.54. The highest BCUT2D eigenvalue weighted by Gasteiger charge is 2.41. The number of piperidine rings is 1. The van der Waals surface area contributed by atoms with Crippen molar-refractivity contribution in [2.45, 2.75) is 31.3 Å². The van der Waals surface area contributed by atoms with Crippen molar-refractivity contribution < 1.29 is 14.7 Å². The normalized spacial score (nSPS) is 27.8. The third-order valence-corrected chi connectivity index (χ3v) is 4.81. The Balaban J connectivity index is 2.01. The minimum Gasteiger partial charge on any atom is -0.380 e. The number of aliphatic hydroxyl groups is 1. The van der Waals surface area contributed by atoms with E-state index in [-0.39, 0.29) is 17.7 Å². The van der Waals surface area contributed by atoms with E-state index in [2.05, 4.69) is 0 Å². The fourth-order valence-electron chi connectivity index (χ4n) is 2.61. The maximum atomic E-state index is 12.4. The lowest BCUT2D eigenvalue weighted by atomic mass is 9.91. The second-order valence-electron chi connectivity index (χ2n) is 5.14. The summed E-state index contributed by atoms with van der Waals surface area (Å²) in [5.74, 6) is 0.807. The van der Waals surface area contributed by atoms with Crippen LogP contribution in [0.3, 0.4) is 0 Å². The van der Waals surface area contributed by atoms with Crippen molar-refractivity contribution in [3.8, 4) is 0 Å². The molecule has 2 rings (SSSR count). The van der Waals surface area contributed by atoms with Crippen molar-refractivity contribution in [2.24, 2.45) is 11.7 Å². The summed E-state index contributed by atoms with van der Waals surface area (Å²) >= 11 is 1.76. The van der Waals surface area contributed by atoms with Gasteiger partial charge < -0.3 is 15.7 Å². The number of amides is 2. The van der Waals surface area contributed by atoms with Crippen LogP contribution in [0.25, 0.3) is 0 Å². The lowest BCUT2D eigenvalue weighted by molar-refractivity contribution is -0.154. The molecule has 0 aromatic carbocycles. The maximum absolute atomic E-state index is 12.4. The third-order valence-electron chi connectivity index (χ3n) is 3.83. The molecule has 2 aliphatic rings. The number of carbonyl (C=O) groups is 2. The first kappa shape index (κ1) is 13.7. The molecule has 102 valence electrons. The summed E-state index contributed by atoms with van der Waals surface area (Å²) in [7, 11) is 0. The largest absolute Gasteiger partial charge is 0.380 e. The zero-order valence-electron chi connectivity index (χ0n) is 10.4. The molecule has 0 bridgehead atoms. The third kappa shape index (κ3) is 2.80. The van der Waals surface area contributed by atoms with E-state index in [0.717, 1.165) is 24.3 Å². The molecule has 0 unspecified atom stereocenters. The SMILES string of the molecule is NC(=O)[C@H]1CCCN(C(=O)C2(O)CCSCC2)C1. The van der Waals surface area contributed by atoms with Crippen LogP contribution in [0.1, 0.15) is 25.7 Å². The second-order valence-corrected chi connectivity index (χ2v) is 6.36. The zero-order chi connectivity index (χ0) is 13.2. The Bertz CT molecular complexity index is 342. The van der Waals surface area contributed by atoms with Gasteiger partial charge in [0.05, 0.1) is 5.92 Å². The molecule has 2 amide bonds. The van der Waals surface area contributed by atoms with Crippen molar-refractivity contribution in [1.29, 1.82) is 0 Å². The van der Waals surface area contributed by atoms with Gasteiger partial charge in [0.25, 0.3) is 5.91 Å². The summed E-state index contributed by atoms with van der Waals surface area (Å²) in [5.41, 5.74) is 4.08. The van der Waals surface area contributed by atoms with Crippen molar-refractivity contribution >= 4 is 23.6 Å². The van der Waals surface area contributed by atoms with E-state index in [0.29, 0.717) is 25.9 Å². The Kier molecular flexibility index (Phi) is 4.17. The van der Waals surface area contributed by atoms with Gasteiger partial charge in [0.15, 0.2) is 0 Å². The van der Waals surface area contributed by atoms with Crippen LogP contribution in [0.5, 0.6) is 0 Å². The first-order chi connectivity index (χ1) is 8.53. The molecule has 1 atom stereocenters. The molecule has 0 aromatic heterocycles. The molecule has 0 aromatic rings. The van der Waals surface area contributed by atoms with Gasteiger partial charge in [-0.15, -0.1) is 0 Å². The predicted octanol–water partition coefficient (Wildman–Crippen LogP) is -0.0316. The number of likely N-dealkylation sites (tertiary alicyclic amines) is 1. The van der Waals surface area contributed by atoms with E-state index in [1.165, 1.54) is 0 Å². The highest BCUT2D eigenvalue weighted by Crippen LogP contribution is 2.30. The molecule has 2 saturated heterocycles. The van der Waals surface area contributed by atoms with Crippen LogP contribution in [0.4, 0.5) is 0 Å². The predicted molar refractivity (Wildman–Crippen MR) is 70.0 cm³/mol. The van der Waals surface area contributed by atoms with Gasteiger partial charge in [-0.05, 0) is 37.2 Å². The number of hydrogen-bond donors (Lipinski definition) is 2. The summed E-state index contributed by atoms with van der Waals surface area (Å²) in [6.45, 7) is 0.988. The number of hydrogen-bond acceptors (Lipinski definition) is 4.